The summed E-state index contributed by atoms with van der Waals surface area (Å²) in [6.07, 6.45) is 77.6. The Morgan fingerprint density at radius 2 is 0.440 bits per heavy atom. The van der Waals surface area contributed by atoms with Gasteiger partial charge in [0, 0.05) is 25.7 Å². The third kappa shape index (κ3) is 82.4. The molecule has 0 amide bonds. The van der Waals surface area contributed by atoms with Gasteiger partial charge in [0.1, 0.15) is 19.3 Å². The van der Waals surface area contributed by atoms with Crippen LogP contribution in [-0.4, -0.2) is 96.7 Å². The SMILES string of the molecule is CCCCCCCCCCCCCCCCCCCCC(=O)OC[C@H](COP(=O)(O)OC[C@@H](O)COP(=O)(O)OC[C@@H](COC(=O)CCCCCCCCCCCCCCC)OC(=O)CCCCCCCCCCCCCCCCCC)OC(=O)CCCCCCCCCCCCCCCCCCCCC(C)CC. The van der Waals surface area contributed by atoms with Crippen LogP contribution in [0.3, 0.4) is 0 Å². The first-order chi connectivity index (χ1) is 53.1. The van der Waals surface area contributed by atoms with Gasteiger partial charge >= 0.3 is 39.5 Å². The normalized spacial score (nSPS) is 13.9. The monoisotopic (exact) mass is 1590 g/mol. The van der Waals surface area contributed by atoms with Gasteiger partial charge in [-0.2, -0.15) is 0 Å². The zero-order valence-corrected chi connectivity index (χ0v) is 73.5. The fourth-order valence-corrected chi connectivity index (χ4v) is 15.7. The molecule has 0 saturated heterocycles. The van der Waals surface area contributed by atoms with E-state index in [1.165, 1.54) is 315 Å². The maximum Gasteiger partial charge on any atom is 0.472 e. The number of phosphoric ester groups is 2. The first-order valence-corrected chi connectivity index (χ1v) is 49.7. The average molecular weight is 1590 g/mol. The van der Waals surface area contributed by atoms with Crippen molar-refractivity contribution in [3.05, 3.63) is 0 Å². The molecule has 0 aliphatic carbocycles. The Kier molecular flexibility index (Phi) is 81.1. The third-order valence-corrected chi connectivity index (χ3v) is 23.5. The smallest absolute Gasteiger partial charge is 0.462 e. The van der Waals surface area contributed by atoms with Crippen LogP contribution < -0.4 is 0 Å². The van der Waals surface area contributed by atoms with Gasteiger partial charge in [0.25, 0.3) is 0 Å². The summed E-state index contributed by atoms with van der Waals surface area (Å²) in [5, 5.41) is 10.7. The molecule has 0 aliphatic heterocycles. The van der Waals surface area contributed by atoms with Gasteiger partial charge in [-0.3, -0.25) is 37.3 Å². The van der Waals surface area contributed by atoms with E-state index in [2.05, 4.69) is 34.6 Å². The summed E-state index contributed by atoms with van der Waals surface area (Å²) in [5.74, 6) is -1.22. The average Bonchev–Trinajstić information content (AvgIpc) is 0.898. The summed E-state index contributed by atoms with van der Waals surface area (Å²) < 4.78 is 69.1. The predicted octanol–water partition coefficient (Wildman–Crippen LogP) is 27.9. The molecular weight excluding hydrogens is 1410 g/mol. The first kappa shape index (κ1) is 107. The lowest BCUT2D eigenvalue weighted by Crippen LogP contribution is -2.30. The minimum atomic E-state index is -4.97. The molecule has 3 N–H and O–H groups in total. The van der Waals surface area contributed by atoms with Crippen molar-refractivity contribution in [2.45, 2.75) is 509 Å². The zero-order valence-electron chi connectivity index (χ0n) is 71.7. The number of ether oxygens (including phenoxy) is 4. The van der Waals surface area contributed by atoms with Crippen LogP contribution in [0.15, 0.2) is 0 Å². The van der Waals surface area contributed by atoms with Crippen LogP contribution in [0.1, 0.15) is 490 Å². The highest BCUT2D eigenvalue weighted by molar-refractivity contribution is 7.47. The second-order valence-corrected chi connectivity index (χ2v) is 35.5. The first-order valence-electron chi connectivity index (χ1n) is 46.7. The molecule has 0 aliphatic rings. The van der Waals surface area contributed by atoms with Crippen LogP contribution in [0.2, 0.25) is 0 Å². The van der Waals surface area contributed by atoms with E-state index in [1.807, 2.05) is 0 Å². The van der Waals surface area contributed by atoms with Crippen molar-refractivity contribution in [3.63, 3.8) is 0 Å². The van der Waals surface area contributed by atoms with Gasteiger partial charge in [0.15, 0.2) is 12.2 Å². The lowest BCUT2D eigenvalue weighted by atomic mass is 9.99. The fraction of sp³-hybridized carbons (Fsp3) is 0.956. The number of unbranched alkanes of at least 4 members (excludes halogenated alkanes) is 61. The molecule has 0 fully saturated rings. The van der Waals surface area contributed by atoms with Gasteiger partial charge in [-0.25, -0.2) is 9.13 Å². The highest BCUT2D eigenvalue weighted by Gasteiger charge is 2.31. The van der Waals surface area contributed by atoms with E-state index >= 15 is 0 Å². The number of carbonyl (C=O) groups is 4. The lowest BCUT2D eigenvalue weighted by molar-refractivity contribution is -0.161. The standard InChI is InChI=1S/C90H176O17P2/c1-6-10-13-16-19-22-25-28-30-32-36-40-44-49-54-59-64-69-74-88(93)101-80-86(107-90(95)76-71-66-61-56-51-46-41-37-34-33-35-38-43-47-52-57-62-67-72-83(5)9-4)82-105-109(98,99)103-78-84(91)77-102-108(96,97)104-81-85(79-100-87(92)73-68-63-58-53-48-42-27-24-21-18-15-12-8-3)106-89(94)75-70-65-60-55-50-45-39-31-29-26-23-20-17-14-11-7-2/h83-86,91H,6-82H2,1-5H3,(H,96,97)(H,98,99)/t83?,84-,85+,86+/m0/s1. The van der Waals surface area contributed by atoms with Gasteiger partial charge in [-0.05, 0) is 31.6 Å². The van der Waals surface area contributed by atoms with E-state index in [0.29, 0.717) is 25.7 Å². The molecule has 0 aromatic carbocycles. The number of aliphatic hydroxyl groups excluding tert-OH is 1. The molecule has 0 rings (SSSR count). The molecule has 0 radical (unpaired) electrons. The zero-order chi connectivity index (χ0) is 79.7. The maximum absolute atomic E-state index is 13.2. The lowest BCUT2D eigenvalue weighted by Gasteiger charge is -2.21. The number of hydrogen-bond donors (Lipinski definition) is 3. The molecule has 109 heavy (non-hydrogen) atoms. The quantitative estimate of drug-likeness (QED) is 0.0222. The van der Waals surface area contributed by atoms with Gasteiger partial charge in [-0.1, -0.05) is 439 Å². The molecule has 648 valence electrons. The molecule has 0 spiro atoms. The predicted molar refractivity (Wildman–Crippen MR) is 451 cm³/mol. The highest BCUT2D eigenvalue weighted by atomic mass is 31.2. The Balaban J connectivity index is 5.25. The Morgan fingerprint density at radius 1 is 0.257 bits per heavy atom. The molecule has 0 aromatic heterocycles. The summed E-state index contributed by atoms with van der Waals surface area (Å²) in [4.78, 5) is 73.4. The molecule has 0 bridgehead atoms. The second-order valence-electron chi connectivity index (χ2n) is 32.6. The molecular formula is C90H176O17P2. The topological polar surface area (TPSA) is 237 Å². The van der Waals surface area contributed by atoms with Crippen LogP contribution in [0, 0.1) is 5.92 Å². The summed E-state index contributed by atoms with van der Waals surface area (Å²) in [5.41, 5.74) is 0. The van der Waals surface area contributed by atoms with Crippen LogP contribution >= 0.6 is 15.6 Å². The van der Waals surface area contributed by atoms with Crippen LogP contribution in [-0.2, 0) is 65.4 Å². The van der Waals surface area contributed by atoms with Crippen molar-refractivity contribution in [1.29, 1.82) is 0 Å². The van der Waals surface area contributed by atoms with Crippen LogP contribution in [0.4, 0.5) is 0 Å². The van der Waals surface area contributed by atoms with E-state index in [0.717, 1.165) is 95.8 Å². The maximum atomic E-state index is 13.2. The largest absolute Gasteiger partial charge is 0.472 e. The minimum Gasteiger partial charge on any atom is -0.462 e. The Bertz CT molecular complexity index is 2070. The highest BCUT2D eigenvalue weighted by Crippen LogP contribution is 2.45. The number of esters is 4. The molecule has 6 atom stereocenters. The van der Waals surface area contributed by atoms with Gasteiger partial charge in [-0.15, -0.1) is 0 Å². The summed E-state index contributed by atoms with van der Waals surface area (Å²) >= 11 is 0. The van der Waals surface area contributed by atoms with Crippen molar-refractivity contribution in [2.75, 3.05) is 39.6 Å². The van der Waals surface area contributed by atoms with Crippen molar-refractivity contribution in [3.8, 4) is 0 Å². The second kappa shape index (κ2) is 82.6. The number of rotatable bonds is 90. The molecule has 0 aromatic rings. The fourth-order valence-electron chi connectivity index (χ4n) is 14.1. The molecule has 0 heterocycles. The van der Waals surface area contributed by atoms with E-state index < -0.39 is 97.5 Å². The number of hydrogen-bond acceptors (Lipinski definition) is 15. The van der Waals surface area contributed by atoms with Crippen molar-refractivity contribution >= 4 is 39.5 Å². The summed E-state index contributed by atoms with van der Waals surface area (Å²) in [7, 11) is -9.93. The van der Waals surface area contributed by atoms with Crippen LogP contribution in [0.25, 0.3) is 0 Å². The number of carbonyl (C=O) groups excluding carboxylic acids is 4. The van der Waals surface area contributed by atoms with E-state index in [-0.39, 0.29) is 25.7 Å². The van der Waals surface area contributed by atoms with E-state index in [1.54, 1.807) is 0 Å². The van der Waals surface area contributed by atoms with Crippen molar-refractivity contribution in [2.24, 2.45) is 5.92 Å². The minimum absolute atomic E-state index is 0.109. The van der Waals surface area contributed by atoms with Gasteiger partial charge < -0.3 is 33.8 Å². The van der Waals surface area contributed by atoms with Crippen molar-refractivity contribution < 1.29 is 80.2 Å². The Morgan fingerprint density at radius 3 is 0.651 bits per heavy atom. The van der Waals surface area contributed by atoms with E-state index in [9.17, 15) is 43.2 Å². The third-order valence-electron chi connectivity index (χ3n) is 21.6. The van der Waals surface area contributed by atoms with E-state index in [4.69, 9.17) is 37.0 Å². The number of aliphatic hydroxyl groups is 1. The molecule has 0 saturated carbocycles. The van der Waals surface area contributed by atoms with Gasteiger partial charge in [0.2, 0.25) is 0 Å². The molecule has 3 unspecified atom stereocenters. The summed E-state index contributed by atoms with van der Waals surface area (Å²) in [6, 6.07) is 0. The van der Waals surface area contributed by atoms with Gasteiger partial charge in [0.05, 0.1) is 26.4 Å². The number of phosphoric acid groups is 2. The summed E-state index contributed by atoms with van der Waals surface area (Å²) in [6.45, 7) is 7.47. The Labute approximate surface area is 670 Å². The molecule has 19 heteroatoms. The van der Waals surface area contributed by atoms with Crippen LogP contribution in [0.5, 0.6) is 0 Å². The van der Waals surface area contributed by atoms with Crippen molar-refractivity contribution in [1.82, 2.24) is 0 Å². The Hall–Kier alpha value is -1.94. The molecule has 17 nitrogen and oxygen atoms in total.